The monoisotopic (exact) mass is 529 g/mol. The van der Waals surface area contributed by atoms with Crippen LogP contribution in [0.5, 0.6) is 0 Å². The number of halogens is 1. The lowest BCUT2D eigenvalue weighted by atomic mass is 10.3. The summed E-state index contributed by atoms with van der Waals surface area (Å²) < 4.78 is 67.5. The summed E-state index contributed by atoms with van der Waals surface area (Å²) in [7, 11) is -6.48. The molecule has 10 nitrogen and oxygen atoms in total. The molecular weight excluding hydrogens is 509 g/mol. The summed E-state index contributed by atoms with van der Waals surface area (Å²) in [5.74, 6) is -2.15. The predicted molar refractivity (Wildman–Crippen MR) is 121 cm³/mol. The van der Waals surface area contributed by atoms with Crippen LogP contribution in [0.3, 0.4) is 0 Å². The molecule has 0 saturated heterocycles. The quantitative estimate of drug-likeness (QED) is 0.341. The van der Waals surface area contributed by atoms with E-state index in [0.717, 1.165) is 35.6 Å². The van der Waals surface area contributed by atoms with Crippen molar-refractivity contribution in [2.45, 2.75) is 29.2 Å². The number of hydrogen-bond acceptors (Lipinski definition) is 8. The van der Waals surface area contributed by atoms with E-state index in [2.05, 4.69) is 9.73 Å². The first-order chi connectivity index (χ1) is 15.9. The molecular formula is C20H20FN3O7S3. The van der Waals surface area contributed by atoms with Crippen molar-refractivity contribution in [3.8, 4) is 0 Å². The highest BCUT2D eigenvalue weighted by Gasteiger charge is 2.17. The zero-order valence-electron chi connectivity index (χ0n) is 17.8. The Balaban J connectivity index is 1.85. The van der Waals surface area contributed by atoms with Gasteiger partial charge in [0.25, 0.3) is 0 Å². The van der Waals surface area contributed by atoms with Gasteiger partial charge in [0, 0.05) is 6.42 Å². The molecule has 0 unspecified atom stereocenters. The van der Waals surface area contributed by atoms with Crippen LogP contribution in [0.4, 0.5) is 4.39 Å². The van der Waals surface area contributed by atoms with E-state index in [0.29, 0.717) is 10.2 Å². The molecule has 0 saturated carbocycles. The second kappa shape index (κ2) is 10.1. The minimum atomic E-state index is -3.97. The number of carbonyl (C=O) groups is 2. The second-order valence-corrected chi connectivity index (χ2v) is 11.8. The maximum atomic E-state index is 13.0. The summed E-state index contributed by atoms with van der Waals surface area (Å²) in [6.45, 7) is -0.281. The molecule has 1 amide bonds. The van der Waals surface area contributed by atoms with Crippen molar-refractivity contribution < 1.29 is 35.6 Å². The number of aromatic nitrogens is 1. The first-order valence-corrected chi connectivity index (χ1v) is 13.7. The average molecular weight is 530 g/mol. The lowest BCUT2D eigenvalue weighted by Crippen LogP contribution is -2.22. The molecule has 0 radical (unpaired) electrons. The molecule has 1 aromatic heterocycles. The largest absolute Gasteiger partial charge is 0.468 e. The van der Waals surface area contributed by atoms with Gasteiger partial charge in [0.15, 0.2) is 14.6 Å². The normalized spacial score (nSPS) is 12.7. The Morgan fingerprint density at radius 1 is 1.09 bits per heavy atom. The topological polar surface area (TPSA) is 155 Å². The molecule has 34 heavy (non-hydrogen) atoms. The number of sulfonamides is 1. The van der Waals surface area contributed by atoms with Gasteiger partial charge in [-0.05, 0) is 48.9 Å². The lowest BCUT2D eigenvalue weighted by molar-refractivity contribution is -0.141. The van der Waals surface area contributed by atoms with E-state index in [1.807, 2.05) is 0 Å². The molecule has 182 valence electrons. The average Bonchev–Trinajstić information content (AvgIpc) is 3.09. The zero-order valence-corrected chi connectivity index (χ0v) is 20.3. The van der Waals surface area contributed by atoms with E-state index in [4.69, 9.17) is 5.14 Å². The molecule has 2 aromatic carbocycles. The summed E-state index contributed by atoms with van der Waals surface area (Å²) in [4.78, 5) is 28.2. The van der Waals surface area contributed by atoms with Crippen LogP contribution in [0, 0.1) is 5.82 Å². The summed E-state index contributed by atoms with van der Waals surface area (Å²) in [6.07, 6.45) is -0.227. The van der Waals surface area contributed by atoms with Crippen molar-refractivity contribution in [1.82, 2.24) is 4.57 Å². The van der Waals surface area contributed by atoms with E-state index >= 15 is 0 Å². The number of carbonyl (C=O) groups excluding carboxylic acids is 2. The predicted octanol–water partition coefficient (Wildman–Crippen LogP) is 1.34. The third-order valence-corrected chi connectivity index (χ3v) is 8.46. The standard InChI is InChI=1S/C20H20FN3O7S3/c1-31-19(26)12-24-16-9-8-15(34(22,29)30)11-17(16)32-20(24)23-18(25)3-2-10-33(27,28)14-6-4-13(21)5-7-14/h4-9,11H,2-3,10,12H2,1H3,(H2,22,29,30). The molecule has 0 aliphatic rings. The fourth-order valence-corrected chi connectivity index (χ4v) is 6.01. The molecule has 0 aliphatic carbocycles. The summed E-state index contributed by atoms with van der Waals surface area (Å²) >= 11 is 0.966. The number of methoxy groups -OCH3 is 1. The van der Waals surface area contributed by atoms with Crippen LogP contribution in [0.25, 0.3) is 10.2 Å². The van der Waals surface area contributed by atoms with E-state index in [-0.39, 0.29) is 39.7 Å². The van der Waals surface area contributed by atoms with Gasteiger partial charge in [-0.3, -0.25) is 9.59 Å². The van der Waals surface area contributed by atoms with Gasteiger partial charge in [-0.15, -0.1) is 0 Å². The number of esters is 1. The van der Waals surface area contributed by atoms with E-state index in [9.17, 15) is 30.8 Å². The zero-order chi connectivity index (χ0) is 25.1. The number of thiazole rings is 1. The van der Waals surface area contributed by atoms with Crippen molar-refractivity contribution in [3.05, 3.63) is 53.1 Å². The molecule has 0 atom stereocenters. The van der Waals surface area contributed by atoms with Crippen molar-refractivity contribution >= 4 is 53.3 Å². The molecule has 3 aromatic rings. The SMILES string of the molecule is COC(=O)Cn1c(=NC(=O)CCCS(=O)(=O)c2ccc(F)cc2)sc2cc(S(N)(=O)=O)ccc21. The highest BCUT2D eigenvalue weighted by molar-refractivity contribution is 7.91. The molecule has 2 N–H and O–H groups in total. The Morgan fingerprint density at radius 2 is 1.74 bits per heavy atom. The van der Waals surface area contributed by atoms with Gasteiger partial charge in [0.2, 0.25) is 15.9 Å². The Kier molecular flexibility index (Phi) is 7.65. The van der Waals surface area contributed by atoms with Gasteiger partial charge in [-0.1, -0.05) is 11.3 Å². The third kappa shape index (κ3) is 6.14. The Hall–Kier alpha value is -2.94. The van der Waals surface area contributed by atoms with Crippen LogP contribution in [0.1, 0.15) is 12.8 Å². The number of nitrogens with two attached hydrogens (primary N) is 1. The van der Waals surface area contributed by atoms with Crippen LogP contribution in [-0.4, -0.2) is 46.1 Å². The maximum absolute atomic E-state index is 13.0. The summed E-state index contributed by atoms with van der Waals surface area (Å²) in [5, 5.41) is 5.17. The van der Waals surface area contributed by atoms with Gasteiger partial charge in [0.1, 0.15) is 12.4 Å². The van der Waals surface area contributed by atoms with E-state index in [1.54, 1.807) is 0 Å². The third-order valence-electron chi connectivity index (χ3n) is 4.69. The minimum Gasteiger partial charge on any atom is -0.468 e. The number of benzene rings is 2. The van der Waals surface area contributed by atoms with Crippen LogP contribution in [0.15, 0.2) is 57.2 Å². The summed E-state index contributed by atoms with van der Waals surface area (Å²) in [6, 6.07) is 8.39. The summed E-state index contributed by atoms with van der Waals surface area (Å²) in [5.41, 5.74) is 0.438. The first-order valence-electron chi connectivity index (χ1n) is 9.69. The minimum absolute atomic E-state index is 0.0283. The van der Waals surface area contributed by atoms with E-state index in [1.165, 1.54) is 29.9 Å². The van der Waals surface area contributed by atoms with Crippen molar-refractivity contribution in [2.24, 2.45) is 10.1 Å². The molecule has 3 rings (SSSR count). The number of hydrogen-bond donors (Lipinski definition) is 1. The number of ether oxygens (including phenoxy) is 1. The maximum Gasteiger partial charge on any atom is 0.325 e. The number of primary sulfonamides is 1. The highest BCUT2D eigenvalue weighted by atomic mass is 32.2. The molecule has 0 spiro atoms. The number of fused-ring (bicyclic) bond motifs is 1. The van der Waals surface area contributed by atoms with Gasteiger partial charge < -0.3 is 9.30 Å². The fraction of sp³-hybridized carbons (Fsp3) is 0.250. The fourth-order valence-electron chi connectivity index (χ4n) is 3.00. The smallest absolute Gasteiger partial charge is 0.325 e. The van der Waals surface area contributed by atoms with Crippen LogP contribution in [0.2, 0.25) is 0 Å². The molecule has 0 aliphatic heterocycles. The molecule has 0 fully saturated rings. The number of nitrogens with zero attached hydrogens (tertiary/aromatic N) is 2. The molecule has 1 heterocycles. The highest BCUT2D eigenvalue weighted by Crippen LogP contribution is 2.21. The van der Waals surface area contributed by atoms with Crippen LogP contribution < -0.4 is 9.94 Å². The second-order valence-electron chi connectivity index (χ2n) is 7.10. The van der Waals surface area contributed by atoms with Crippen LogP contribution >= 0.6 is 11.3 Å². The Labute approximate surface area is 198 Å². The van der Waals surface area contributed by atoms with Gasteiger partial charge in [-0.25, -0.2) is 26.4 Å². The lowest BCUT2D eigenvalue weighted by Gasteiger charge is -2.05. The number of sulfone groups is 1. The molecule has 0 bridgehead atoms. The van der Waals surface area contributed by atoms with Crippen LogP contribution in [-0.2, 0) is 40.7 Å². The van der Waals surface area contributed by atoms with Gasteiger partial charge >= 0.3 is 5.97 Å². The van der Waals surface area contributed by atoms with Gasteiger partial charge in [-0.2, -0.15) is 4.99 Å². The van der Waals surface area contributed by atoms with E-state index < -0.39 is 37.6 Å². The van der Waals surface area contributed by atoms with Crippen molar-refractivity contribution in [1.29, 1.82) is 0 Å². The van der Waals surface area contributed by atoms with Gasteiger partial charge in [0.05, 0.1) is 32.9 Å². The molecule has 14 heteroatoms. The Bertz CT molecular complexity index is 1520. The van der Waals surface area contributed by atoms with Crippen molar-refractivity contribution in [3.63, 3.8) is 0 Å². The first kappa shape index (κ1) is 25.7. The number of amides is 1. The van der Waals surface area contributed by atoms with Crippen molar-refractivity contribution in [2.75, 3.05) is 12.9 Å². The Morgan fingerprint density at radius 3 is 2.35 bits per heavy atom. The number of rotatable bonds is 8.